The zero-order valence-corrected chi connectivity index (χ0v) is 10.6. The monoisotopic (exact) mass is 279 g/mol. The maximum Gasteiger partial charge on any atom is 0.346 e. The van der Waals surface area contributed by atoms with E-state index in [9.17, 15) is 14.9 Å². The largest absolute Gasteiger partial charge is 0.477 e. The van der Waals surface area contributed by atoms with E-state index in [0.717, 1.165) is 16.9 Å². The first-order valence-corrected chi connectivity index (χ1v) is 6.10. The smallest absolute Gasteiger partial charge is 0.346 e. The molecule has 7 heteroatoms. The van der Waals surface area contributed by atoms with Crippen molar-refractivity contribution in [2.24, 2.45) is 0 Å². The Kier molecular flexibility index (Phi) is 3.48. The molecule has 0 fully saturated rings. The molecule has 19 heavy (non-hydrogen) atoms. The summed E-state index contributed by atoms with van der Waals surface area (Å²) < 4.78 is 5.36. The standard InChI is InChI=1S/C12H9NO5S/c1-7-2-3-10(9(4-7)13(16)17)18-8-5-11(12(14)15)19-6-8/h2-6H,1H3,(H,14,15). The molecule has 1 N–H and O–H groups in total. The minimum atomic E-state index is -1.06. The number of aromatic carboxylic acids is 1. The molecule has 2 aromatic rings. The lowest BCUT2D eigenvalue weighted by atomic mass is 10.2. The van der Waals surface area contributed by atoms with Gasteiger partial charge in [0, 0.05) is 17.5 Å². The van der Waals surface area contributed by atoms with E-state index in [1.165, 1.54) is 23.6 Å². The summed E-state index contributed by atoms with van der Waals surface area (Å²) in [6, 6.07) is 5.91. The molecule has 0 aliphatic carbocycles. The highest BCUT2D eigenvalue weighted by atomic mass is 32.1. The molecule has 1 heterocycles. The van der Waals surface area contributed by atoms with Crippen LogP contribution in [-0.4, -0.2) is 16.0 Å². The van der Waals surface area contributed by atoms with Crippen molar-refractivity contribution >= 4 is 23.0 Å². The number of nitrogens with zero attached hydrogens (tertiary/aromatic N) is 1. The molecule has 0 bridgehead atoms. The van der Waals surface area contributed by atoms with Crippen molar-refractivity contribution in [3.05, 3.63) is 50.2 Å². The van der Waals surface area contributed by atoms with Crippen molar-refractivity contribution in [3.63, 3.8) is 0 Å². The Morgan fingerprint density at radius 2 is 2.16 bits per heavy atom. The quantitative estimate of drug-likeness (QED) is 0.683. The molecular formula is C12H9NO5S. The average molecular weight is 279 g/mol. The van der Waals surface area contributed by atoms with Crippen LogP contribution in [0.4, 0.5) is 5.69 Å². The van der Waals surface area contributed by atoms with E-state index in [1.807, 2.05) is 0 Å². The normalized spacial score (nSPS) is 10.2. The lowest BCUT2D eigenvalue weighted by molar-refractivity contribution is -0.385. The summed E-state index contributed by atoms with van der Waals surface area (Å²) in [5.74, 6) is -0.696. The summed E-state index contributed by atoms with van der Waals surface area (Å²) in [6.45, 7) is 1.74. The molecule has 6 nitrogen and oxygen atoms in total. The number of hydrogen-bond donors (Lipinski definition) is 1. The first-order chi connectivity index (χ1) is 8.97. The molecule has 98 valence electrons. The Balaban J connectivity index is 2.32. The predicted octanol–water partition coefficient (Wildman–Crippen LogP) is 3.46. The van der Waals surface area contributed by atoms with Gasteiger partial charge in [-0.25, -0.2) is 4.79 Å². The van der Waals surface area contributed by atoms with Crippen LogP contribution in [0.2, 0.25) is 0 Å². The molecule has 0 radical (unpaired) electrons. The number of nitro benzene ring substituents is 1. The van der Waals surface area contributed by atoms with Gasteiger partial charge in [-0.05, 0) is 18.6 Å². The molecule has 1 aromatic carbocycles. The van der Waals surface area contributed by atoms with E-state index >= 15 is 0 Å². The lowest BCUT2D eigenvalue weighted by Crippen LogP contribution is -1.94. The van der Waals surface area contributed by atoms with Crippen LogP contribution in [0.25, 0.3) is 0 Å². The fourth-order valence-corrected chi connectivity index (χ4v) is 2.11. The Labute approximate surface area is 112 Å². The van der Waals surface area contributed by atoms with E-state index in [0.29, 0.717) is 0 Å². The third kappa shape index (κ3) is 2.89. The van der Waals surface area contributed by atoms with Crippen molar-refractivity contribution in [1.82, 2.24) is 0 Å². The predicted molar refractivity (Wildman–Crippen MR) is 69.2 cm³/mol. The summed E-state index contributed by atoms with van der Waals surface area (Å²) in [7, 11) is 0. The van der Waals surface area contributed by atoms with Crippen LogP contribution in [0, 0.1) is 17.0 Å². The third-order valence-corrected chi connectivity index (χ3v) is 3.22. The van der Waals surface area contributed by atoms with Gasteiger partial charge < -0.3 is 9.84 Å². The van der Waals surface area contributed by atoms with Gasteiger partial charge in [-0.2, -0.15) is 0 Å². The summed E-state index contributed by atoms with van der Waals surface area (Å²) >= 11 is 1.000. The summed E-state index contributed by atoms with van der Waals surface area (Å²) in [4.78, 5) is 21.2. The van der Waals surface area contributed by atoms with Crippen LogP contribution in [0.3, 0.4) is 0 Å². The SMILES string of the molecule is Cc1ccc(Oc2csc(C(=O)O)c2)c([N+](=O)[O-])c1. The van der Waals surface area contributed by atoms with Gasteiger partial charge in [0.1, 0.15) is 10.6 Å². The fourth-order valence-electron chi connectivity index (χ4n) is 1.47. The van der Waals surface area contributed by atoms with Gasteiger partial charge in [-0.15, -0.1) is 11.3 Å². The van der Waals surface area contributed by atoms with Crippen LogP contribution >= 0.6 is 11.3 Å². The fraction of sp³-hybridized carbons (Fsp3) is 0.0833. The number of thiophene rings is 1. The molecule has 0 amide bonds. The van der Waals surface area contributed by atoms with Gasteiger partial charge in [0.25, 0.3) is 0 Å². The van der Waals surface area contributed by atoms with E-state index in [-0.39, 0.29) is 22.1 Å². The average Bonchev–Trinajstić information content (AvgIpc) is 2.80. The number of carboxylic acids is 1. The van der Waals surface area contributed by atoms with Crippen molar-refractivity contribution in [1.29, 1.82) is 0 Å². The van der Waals surface area contributed by atoms with Crippen LogP contribution in [0.1, 0.15) is 15.2 Å². The van der Waals surface area contributed by atoms with Crippen LogP contribution in [-0.2, 0) is 0 Å². The molecule has 0 aliphatic rings. The zero-order valence-electron chi connectivity index (χ0n) is 9.82. The highest BCUT2D eigenvalue weighted by Gasteiger charge is 2.17. The molecule has 1 aromatic heterocycles. The van der Waals surface area contributed by atoms with Gasteiger partial charge in [-0.1, -0.05) is 6.07 Å². The van der Waals surface area contributed by atoms with E-state index in [2.05, 4.69) is 0 Å². The van der Waals surface area contributed by atoms with Crippen molar-refractivity contribution in [2.45, 2.75) is 6.92 Å². The van der Waals surface area contributed by atoms with Gasteiger partial charge in [0.2, 0.25) is 5.75 Å². The zero-order chi connectivity index (χ0) is 14.0. The van der Waals surface area contributed by atoms with Gasteiger partial charge >= 0.3 is 11.7 Å². The summed E-state index contributed by atoms with van der Waals surface area (Å²) in [5, 5.41) is 21.2. The van der Waals surface area contributed by atoms with Crippen molar-refractivity contribution < 1.29 is 19.6 Å². The Morgan fingerprint density at radius 3 is 2.74 bits per heavy atom. The van der Waals surface area contributed by atoms with Gasteiger partial charge in [-0.3, -0.25) is 10.1 Å². The number of ether oxygens (including phenoxy) is 1. The molecule has 0 saturated carbocycles. The minimum absolute atomic E-state index is 0.0883. The van der Waals surface area contributed by atoms with E-state index in [1.54, 1.807) is 13.0 Å². The Morgan fingerprint density at radius 1 is 1.42 bits per heavy atom. The number of rotatable bonds is 4. The summed E-state index contributed by atoms with van der Waals surface area (Å²) in [5.41, 5.74) is 0.596. The molecule has 0 spiro atoms. The number of nitro groups is 1. The lowest BCUT2D eigenvalue weighted by Gasteiger charge is -2.04. The Hall–Kier alpha value is -2.41. The summed E-state index contributed by atoms with van der Waals surface area (Å²) in [6.07, 6.45) is 0. The maximum atomic E-state index is 10.9. The first kappa shape index (κ1) is 13.0. The molecule has 0 aliphatic heterocycles. The maximum absolute atomic E-state index is 10.9. The number of carboxylic acid groups (broad SMARTS) is 1. The number of aryl methyl sites for hydroxylation is 1. The van der Waals surface area contributed by atoms with E-state index < -0.39 is 10.9 Å². The van der Waals surface area contributed by atoms with E-state index in [4.69, 9.17) is 9.84 Å². The molecular weight excluding hydrogens is 270 g/mol. The molecule has 0 saturated heterocycles. The Bertz CT molecular complexity index is 649. The minimum Gasteiger partial charge on any atom is -0.477 e. The first-order valence-electron chi connectivity index (χ1n) is 5.22. The highest BCUT2D eigenvalue weighted by molar-refractivity contribution is 7.12. The van der Waals surface area contributed by atoms with Gasteiger partial charge in [0.15, 0.2) is 0 Å². The molecule has 2 rings (SSSR count). The number of benzene rings is 1. The highest BCUT2D eigenvalue weighted by Crippen LogP contribution is 2.33. The van der Waals surface area contributed by atoms with Gasteiger partial charge in [0.05, 0.1) is 4.92 Å². The van der Waals surface area contributed by atoms with Crippen LogP contribution < -0.4 is 4.74 Å². The second-order valence-corrected chi connectivity index (χ2v) is 4.69. The number of carbonyl (C=O) groups is 1. The van der Waals surface area contributed by atoms with Crippen molar-refractivity contribution in [2.75, 3.05) is 0 Å². The van der Waals surface area contributed by atoms with Crippen LogP contribution in [0.5, 0.6) is 11.5 Å². The topological polar surface area (TPSA) is 89.7 Å². The second-order valence-electron chi connectivity index (χ2n) is 3.78. The molecule has 0 atom stereocenters. The van der Waals surface area contributed by atoms with Crippen LogP contribution in [0.15, 0.2) is 29.6 Å². The van der Waals surface area contributed by atoms with Crippen molar-refractivity contribution in [3.8, 4) is 11.5 Å². The number of hydrogen-bond acceptors (Lipinski definition) is 5. The molecule has 0 unspecified atom stereocenters. The third-order valence-electron chi connectivity index (χ3n) is 2.33. The second kappa shape index (κ2) is 5.07.